The molecule has 18 heavy (non-hydrogen) atoms. The Morgan fingerprint density at radius 3 is 2.72 bits per heavy atom. The summed E-state index contributed by atoms with van der Waals surface area (Å²) in [5.74, 6) is -1.51. The van der Waals surface area contributed by atoms with Crippen LogP contribution in [-0.4, -0.2) is 31.1 Å². The van der Waals surface area contributed by atoms with Crippen molar-refractivity contribution in [1.29, 1.82) is 0 Å². The van der Waals surface area contributed by atoms with Crippen molar-refractivity contribution in [3.8, 4) is 0 Å². The van der Waals surface area contributed by atoms with Gasteiger partial charge in [-0.15, -0.1) is 6.58 Å². The van der Waals surface area contributed by atoms with Gasteiger partial charge >= 0.3 is 0 Å². The van der Waals surface area contributed by atoms with E-state index in [0.29, 0.717) is 12.0 Å². The third kappa shape index (κ3) is 2.76. The Kier molecular flexibility index (Phi) is 4.44. The fourth-order valence-corrected chi connectivity index (χ4v) is 2.40. The van der Waals surface area contributed by atoms with Crippen molar-refractivity contribution in [1.82, 2.24) is 10.2 Å². The highest BCUT2D eigenvalue weighted by atomic mass is 19.2. The van der Waals surface area contributed by atoms with Gasteiger partial charge in [-0.25, -0.2) is 8.78 Å². The molecule has 0 spiro atoms. The molecule has 0 unspecified atom stereocenters. The summed E-state index contributed by atoms with van der Waals surface area (Å²) < 4.78 is 27.2. The zero-order valence-electron chi connectivity index (χ0n) is 10.3. The second kappa shape index (κ2) is 6.07. The molecule has 1 aromatic carbocycles. The summed E-state index contributed by atoms with van der Waals surface area (Å²) in [5, 5.41) is 3.25. The molecule has 2 rings (SSSR count). The number of nitrogens with zero attached hydrogens (tertiary/aromatic N) is 1. The lowest BCUT2D eigenvalue weighted by molar-refractivity contribution is 0.170. The largest absolute Gasteiger partial charge is 0.314 e. The van der Waals surface area contributed by atoms with E-state index in [9.17, 15) is 8.78 Å². The first-order valence-electron chi connectivity index (χ1n) is 6.23. The molecule has 0 radical (unpaired) electrons. The predicted molar refractivity (Wildman–Crippen MR) is 68.4 cm³/mol. The molecule has 98 valence electrons. The summed E-state index contributed by atoms with van der Waals surface area (Å²) in [6.45, 7) is 7.16. The number of benzene rings is 1. The highest BCUT2D eigenvalue weighted by Crippen LogP contribution is 2.28. The molecule has 1 aliphatic heterocycles. The van der Waals surface area contributed by atoms with Gasteiger partial charge in [-0.2, -0.15) is 0 Å². The van der Waals surface area contributed by atoms with Crippen LogP contribution in [0.3, 0.4) is 0 Å². The molecule has 0 amide bonds. The lowest BCUT2D eigenvalue weighted by atomic mass is 10.0. The molecule has 4 heteroatoms. The average molecular weight is 252 g/mol. The molecular formula is C14H18F2N2. The SMILES string of the molecule is C=CC[C@H](c1cccc(F)c1F)N1CCNCC1. The molecule has 1 aliphatic rings. The molecule has 0 aromatic heterocycles. The van der Waals surface area contributed by atoms with Crippen LogP contribution in [0.1, 0.15) is 18.0 Å². The van der Waals surface area contributed by atoms with E-state index < -0.39 is 11.6 Å². The summed E-state index contributed by atoms with van der Waals surface area (Å²) in [7, 11) is 0. The summed E-state index contributed by atoms with van der Waals surface area (Å²) in [6, 6.07) is 4.25. The van der Waals surface area contributed by atoms with E-state index in [0.717, 1.165) is 32.2 Å². The molecule has 1 fully saturated rings. The molecule has 0 saturated carbocycles. The van der Waals surface area contributed by atoms with E-state index in [2.05, 4.69) is 16.8 Å². The van der Waals surface area contributed by atoms with Gasteiger partial charge in [0.1, 0.15) is 0 Å². The number of hydrogen-bond donors (Lipinski definition) is 1. The van der Waals surface area contributed by atoms with Crippen LogP contribution in [0, 0.1) is 11.6 Å². The third-order valence-electron chi connectivity index (χ3n) is 3.32. The van der Waals surface area contributed by atoms with Gasteiger partial charge in [0, 0.05) is 37.8 Å². The molecule has 1 N–H and O–H groups in total. The summed E-state index contributed by atoms with van der Waals surface area (Å²) in [6.07, 6.45) is 2.39. The first-order chi connectivity index (χ1) is 8.74. The van der Waals surface area contributed by atoms with E-state index in [-0.39, 0.29) is 6.04 Å². The number of hydrogen-bond acceptors (Lipinski definition) is 2. The fourth-order valence-electron chi connectivity index (χ4n) is 2.40. The Morgan fingerprint density at radius 1 is 1.33 bits per heavy atom. The van der Waals surface area contributed by atoms with Crippen molar-refractivity contribution in [3.05, 3.63) is 48.1 Å². The average Bonchev–Trinajstić information content (AvgIpc) is 2.41. The topological polar surface area (TPSA) is 15.3 Å². The summed E-state index contributed by atoms with van der Waals surface area (Å²) in [4.78, 5) is 2.18. The van der Waals surface area contributed by atoms with Gasteiger partial charge in [0.15, 0.2) is 11.6 Å². The molecular weight excluding hydrogens is 234 g/mol. The van der Waals surface area contributed by atoms with Crippen molar-refractivity contribution in [2.24, 2.45) is 0 Å². The molecule has 1 heterocycles. The molecule has 0 bridgehead atoms. The molecule has 0 aliphatic carbocycles. The Morgan fingerprint density at radius 2 is 2.06 bits per heavy atom. The van der Waals surface area contributed by atoms with Crippen LogP contribution < -0.4 is 5.32 Å². The maximum absolute atomic E-state index is 13.9. The van der Waals surface area contributed by atoms with Gasteiger partial charge in [-0.1, -0.05) is 18.2 Å². The van der Waals surface area contributed by atoms with Gasteiger partial charge < -0.3 is 5.32 Å². The van der Waals surface area contributed by atoms with Crippen LogP contribution in [0.5, 0.6) is 0 Å². The van der Waals surface area contributed by atoms with Crippen LogP contribution in [0.2, 0.25) is 0 Å². The van der Waals surface area contributed by atoms with Gasteiger partial charge in [-0.05, 0) is 12.5 Å². The molecule has 1 atom stereocenters. The van der Waals surface area contributed by atoms with Crippen molar-refractivity contribution in [3.63, 3.8) is 0 Å². The number of rotatable bonds is 4. The minimum atomic E-state index is -0.781. The summed E-state index contributed by atoms with van der Waals surface area (Å²) in [5.41, 5.74) is 0.428. The normalized spacial score (nSPS) is 18.6. The van der Waals surface area contributed by atoms with E-state index in [4.69, 9.17) is 0 Å². The van der Waals surface area contributed by atoms with Gasteiger partial charge in [-0.3, -0.25) is 4.90 Å². The second-order valence-corrected chi connectivity index (χ2v) is 4.47. The third-order valence-corrected chi connectivity index (χ3v) is 3.32. The maximum atomic E-state index is 13.9. The smallest absolute Gasteiger partial charge is 0.163 e. The van der Waals surface area contributed by atoms with Crippen molar-refractivity contribution in [2.75, 3.05) is 26.2 Å². The van der Waals surface area contributed by atoms with Crippen molar-refractivity contribution in [2.45, 2.75) is 12.5 Å². The van der Waals surface area contributed by atoms with E-state index in [1.807, 2.05) is 0 Å². The second-order valence-electron chi connectivity index (χ2n) is 4.47. The Balaban J connectivity index is 2.28. The van der Waals surface area contributed by atoms with Gasteiger partial charge in [0.2, 0.25) is 0 Å². The predicted octanol–water partition coefficient (Wildman–Crippen LogP) is 2.49. The minimum absolute atomic E-state index is 0.125. The monoisotopic (exact) mass is 252 g/mol. The van der Waals surface area contributed by atoms with Crippen LogP contribution in [0.4, 0.5) is 8.78 Å². The molecule has 1 aromatic rings. The Hall–Kier alpha value is -1.26. The Bertz CT molecular complexity index is 414. The molecule has 1 saturated heterocycles. The fraction of sp³-hybridized carbons (Fsp3) is 0.429. The van der Waals surface area contributed by atoms with E-state index >= 15 is 0 Å². The summed E-state index contributed by atoms with van der Waals surface area (Å²) >= 11 is 0. The zero-order valence-corrected chi connectivity index (χ0v) is 10.3. The molecule has 2 nitrogen and oxygen atoms in total. The van der Waals surface area contributed by atoms with Gasteiger partial charge in [0.25, 0.3) is 0 Å². The standard InChI is InChI=1S/C14H18F2N2/c1-2-4-13(18-9-7-17-8-10-18)11-5-3-6-12(15)14(11)16/h2-3,5-6,13,17H,1,4,7-10H2/t13-/m1/s1. The van der Waals surface area contributed by atoms with Crippen molar-refractivity contribution >= 4 is 0 Å². The quantitative estimate of drug-likeness (QED) is 0.828. The maximum Gasteiger partial charge on any atom is 0.163 e. The highest BCUT2D eigenvalue weighted by molar-refractivity contribution is 5.23. The van der Waals surface area contributed by atoms with Gasteiger partial charge in [0.05, 0.1) is 0 Å². The van der Waals surface area contributed by atoms with Crippen LogP contribution in [0.15, 0.2) is 30.9 Å². The van der Waals surface area contributed by atoms with Crippen LogP contribution >= 0.6 is 0 Å². The van der Waals surface area contributed by atoms with Crippen LogP contribution in [0.25, 0.3) is 0 Å². The number of nitrogens with one attached hydrogen (secondary N) is 1. The van der Waals surface area contributed by atoms with Crippen molar-refractivity contribution < 1.29 is 8.78 Å². The van der Waals surface area contributed by atoms with E-state index in [1.54, 1.807) is 18.2 Å². The van der Waals surface area contributed by atoms with E-state index in [1.165, 1.54) is 0 Å². The zero-order chi connectivity index (χ0) is 13.0. The first kappa shape index (κ1) is 13.2. The number of halogens is 2. The highest BCUT2D eigenvalue weighted by Gasteiger charge is 2.24. The van der Waals surface area contributed by atoms with Crippen LogP contribution in [-0.2, 0) is 0 Å². The lowest BCUT2D eigenvalue weighted by Gasteiger charge is -2.34. The number of piperazine rings is 1. The Labute approximate surface area is 106 Å². The first-order valence-corrected chi connectivity index (χ1v) is 6.23. The lowest BCUT2D eigenvalue weighted by Crippen LogP contribution is -2.45. The minimum Gasteiger partial charge on any atom is -0.314 e.